The zero-order valence-electron chi connectivity index (χ0n) is 20.4. The molecule has 0 unspecified atom stereocenters. The molecular weight excluding hydrogens is 509 g/mol. The van der Waals surface area contributed by atoms with Crippen LogP contribution in [0.4, 0.5) is 24.7 Å². The number of anilines is 2. The molecule has 39 heavy (non-hydrogen) atoms. The van der Waals surface area contributed by atoms with E-state index in [1.807, 2.05) is 0 Å². The molecule has 5 rings (SSSR count). The molecule has 1 aliphatic rings. The Morgan fingerprint density at radius 3 is 2.31 bits per heavy atom. The van der Waals surface area contributed by atoms with Gasteiger partial charge in [0.05, 0.1) is 34.4 Å². The van der Waals surface area contributed by atoms with Gasteiger partial charge in [0.1, 0.15) is 5.82 Å². The summed E-state index contributed by atoms with van der Waals surface area (Å²) in [6.45, 7) is 3.35. The highest BCUT2D eigenvalue weighted by atomic mass is 19.4. The Kier molecular flexibility index (Phi) is 6.96. The van der Waals surface area contributed by atoms with Crippen LogP contribution in [0.5, 0.6) is 0 Å². The minimum atomic E-state index is -4.77. The fourth-order valence-corrected chi connectivity index (χ4v) is 4.28. The highest BCUT2D eigenvalue weighted by Crippen LogP contribution is 2.32. The lowest BCUT2D eigenvalue weighted by molar-refractivity contribution is -0.137. The monoisotopic (exact) mass is 530 g/mol. The van der Waals surface area contributed by atoms with Crippen LogP contribution in [0.15, 0.2) is 66.9 Å². The van der Waals surface area contributed by atoms with Crippen molar-refractivity contribution in [2.45, 2.75) is 6.18 Å². The first kappa shape index (κ1) is 25.8. The van der Waals surface area contributed by atoms with Gasteiger partial charge in [-0.15, -0.1) is 0 Å². The molecule has 1 saturated heterocycles. The number of aromatic nitrogens is 2. The molecule has 1 fully saturated rings. The first-order chi connectivity index (χ1) is 18.7. The van der Waals surface area contributed by atoms with Gasteiger partial charge in [-0.25, -0.2) is 4.98 Å². The summed E-state index contributed by atoms with van der Waals surface area (Å²) in [5.74, 6) is -0.290. The number of piperazine rings is 1. The van der Waals surface area contributed by atoms with E-state index in [0.717, 1.165) is 44.1 Å². The number of alkyl halides is 3. The minimum Gasteiger partial charge on any atom is -0.353 e. The van der Waals surface area contributed by atoms with Gasteiger partial charge in [0.15, 0.2) is 5.78 Å². The van der Waals surface area contributed by atoms with Crippen molar-refractivity contribution in [1.29, 1.82) is 5.26 Å². The van der Waals surface area contributed by atoms with E-state index in [0.29, 0.717) is 33.9 Å². The van der Waals surface area contributed by atoms with Crippen LogP contribution in [0.2, 0.25) is 0 Å². The van der Waals surface area contributed by atoms with Crippen LogP contribution in [0.1, 0.15) is 37.4 Å². The summed E-state index contributed by atoms with van der Waals surface area (Å²) in [6, 6.07) is 15.3. The summed E-state index contributed by atoms with van der Waals surface area (Å²) in [5.41, 5.74) is 0.333. The standard InChI is InChI=1S/C28H21F3N6O2/c29-28(30,31)22-13-19(1-2-20(22)15-32)27(39)35-21-6-3-17(4-7-21)26(38)18-5-8-23-24(14-18)36-25(16-34-23)37-11-9-33-10-12-37/h1-8,13-14,16,33H,9-12H2,(H,35,39). The van der Waals surface area contributed by atoms with Crippen LogP contribution in [0.3, 0.4) is 0 Å². The lowest BCUT2D eigenvalue weighted by atomic mass is 10.0. The molecule has 4 aromatic rings. The van der Waals surface area contributed by atoms with Crippen LogP contribution < -0.4 is 15.5 Å². The Morgan fingerprint density at radius 1 is 0.923 bits per heavy atom. The summed E-state index contributed by atoms with van der Waals surface area (Å²) in [7, 11) is 0. The number of nitrogens with zero attached hydrogens (tertiary/aromatic N) is 4. The molecule has 11 heteroatoms. The van der Waals surface area contributed by atoms with Gasteiger partial charge < -0.3 is 15.5 Å². The highest BCUT2D eigenvalue weighted by Gasteiger charge is 2.34. The van der Waals surface area contributed by atoms with E-state index >= 15 is 0 Å². The molecule has 0 bridgehead atoms. The average Bonchev–Trinajstić information content (AvgIpc) is 2.96. The summed E-state index contributed by atoms with van der Waals surface area (Å²) >= 11 is 0. The topological polar surface area (TPSA) is 111 Å². The SMILES string of the molecule is N#Cc1ccc(C(=O)Nc2ccc(C(=O)c3ccc4ncc(N5CCNCC5)nc4c3)cc2)cc1C(F)(F)F. The summed E-state index contributed by atoms with van der Waals surface area (Å²) < 4.78 is 39.7. The largest absolute Gasteiger partial charge is 0.417 e. The van der Waals surface area contributed by atoms with Gasteiger partial charge in [-0.1, -0.05) is 0 Å². The second-order valence-corrected chi connectivity index (χ2v) is 8.90. The van der Waals surface area contributed by atoms with Crippen molar-refractivity contribution in [1.82, 2.24) is 15.3 Å². The predicted molar refractivity (Wildman–Crippen MR) is 139 cm³/mol. The second kappa shape index (κ2) is 10.5. The van der Waals surface area contributed by atoms with Gasteiger partial charge in [-0.05, 0) is 60.7 Å². The minimum absolute atomic E-state index is 0.251. The fourth-order valence-electron chi connectivity index (χ4n) is 4.28. The maximum absolute atomic E-state index is 13.2. The summed E-state index contributed by atoms with van der Waals surface area (Å²) in [6.07, 6.45) is -3.05. The van der Waals surface area contributed by atoms with E-state index in [4.69, 9.17) is 10.2 Å². The van der Waals surface area contributed by atoms with E-state index in [1.54, 1.807) is 24.4 Å². The number of nitrogens with one attached hydrogen (secondary N) is 2. The third kappa shape index (κ3) is 5.56. The maximum Gasteiger partial charge on any atom is 0.417 e. The molecular formula is C28H21F3N6O2. The number of carbonyl (C=O) groups excluding carboxylic acids is 2. The van der Waals surface area contributed by atoms with Gasteiger partial charge in [0, 0.05) is 48.6 Å². The molecule has 8 nitrogen and oxygen atoms in total. The molecule has 0 radical (unpaired) electrons. The number of carbonyl (C=O) groups is 2. The van der Waals surface area contributed by atoms with Crippen molar-refractivity contribution >= 4 is 34.2 Å². The quantitative estimate of drug-likeness (QED) is 0.368. The van der Waals surface area contributed by atoms with Gasteiger partial charge in [0.2, 0.25) is 0 Å². The molecule has 2 N–H and O–H groups in total. The number of hydrogen-bond acceptors (Lipinski definition) is 7. The number of hydrogen-bond donors (Lipinski definition) is 2. The molecule has 0 atom stereocenters. The van der Waals surface area contributed by atoms with Crippen molar-refractivity contribution < 1.29 is 22.8 Å². The summed E-state index contributed by atoms with van der Waals surface area (Å²) in [4.78, 5) is 37.0. The molecule has 0 saturated carbocycles. The van der Waals surface area contributed by atoms with Crippen LogP contribution >= 0.6 is 0 Å². The van der Waals surface area contributed by atoms with E-state index in [-0.39, 0.29) is 11.3 Å². The maximum atomic E-state index is 13.2. The molecule has 196 valence electrons. The average molecular weight is 531 g/mol. The number of ketones is 1. The number of amides is 1. The van der Waals surface area contributed by atoms with E-state index < -0.39 is 23.2 Å². The zero-order chi connectivity index (χ0) is 27.6. The number of halogens is 3. The molecule has 0 spiro atoms. The first-order valence-electron chi connectivity index (χ1n) is 12.0. The zero-order valence-corrected chi connectivity index (χ0v) is 20.4. The molecule has 0 aliphatic carbocycles. The van der Waals surface area contributed by atoms with Crippen LogP contribution in [-0.4, -0.2) is 47.8 Å². The van der Waals surface area contributed by atoms with Crippen molar-refractivity contribution in [2.24, 2.45) is 0 Å². The van der Waals surface area contributed by atoms with Crippen LogP contribution in [-0.2, 0) is 6.18 Å². The molecule has 1 amide bonds. The highest BCUT2D eigenvalue weighted by molar-refractivity contribution is 6.11. The summed E-state index contributed by atoms with van der Waals surface area (Å²) in [5, 5.41) is 14.7. The van der Waals surface area contributed by atoms with E-state index in [9.17, 15) is 22.8 Å². The Bertz CT molecular complexity index is 1610. The Balaban J connectivity index is 1.32. The molecule has 1 aromatic heterocycles. The van der Waals surface area contributed by atoms with Crippen LogP contribution in [0, 0.1) is 11.3 Å². The number of nitriles is 1. The molecule has 2 heterocycles. The van der Waals surface area contributed by atoms with E-state index in [1.165, 1.54) is 30.3 Å². The van der Waals surface area contributed by atoms with Crippen molar-refractivity contribution in [3.05, 3.63) is 94.7 Å². The Hall–Kier alpha value is -4.82. The van der Waals surface area contributed by atoms with Crippen LogP contribution in [0.25, 0.3) is 11.0 Å². The molecule has 3 aromatic carbocycles. The normalized spacial score (nSPS) is 13.6. The van der Waals surface area contributed by atoms with Crippen molar-refractivity contribution in [3.63, 3.8) is 0 Å². The number of rotatable bonds is 5. The van der Waals surface area contributed by atoms with Gasteiger partial charge >= 0.3 is 6.18 Å². The lowest BCUT2D eigenvalue weighted by Crippen LogP contribution is -2.43. The van der Waals surface area contributed by atoms with Gasteiger partial charge in [-0.3, -0.25) is 14.6 Å². The second-order valence-electron chi connectivity index (χ2n) is 8.90. The predicted octanol–water partition coefficient (Wildman–Crippen LogP) is 4.41. The third-order valence-corrected chi connectivity index (χ3v) is 6.35. The lowest BCUT2D eigenvalue weighted by Gasteiger charge is -2.28. The van der Waals surface area contributed by atoms with Gasteiger partial charge in [0.25, 0.3) is 5.91 Å². The smallest absolute Gasteiger partial charge is 0.353 e. The van der Waals surface area contributed by atoms with E-state index in [2.05, 4.69) is 20.5 Å². The first-order valence-corrected chi connectivity index (χ1v) is 12.0. The third-order valence-electron chi connectivity index (χ3n) is 6.35. The number of fused-ring (bicyclic) bond motifs is 1. The Morgan fingerprint density at radius 2 is 1.62 bits per heavy atom. The number of benzene rings is 3. The molecule has 1 aliphatic heterocycles. The Labute approximate surface area is 221 Å². The van der Waals surface area contributed by atoms with Crippen molar-refractivity contribution in [2.75, 3.05) is 36.4 Å². The van der Waals surface area contributed by atoms with Crippen molar-refractivity contribution in [3.8, 4) is 6.07 Å². The fraction of sp³-hybridized carbons (Fsp3) is 0.179. The van der Waals surface area contributed by atoms with Gasteiger partial charge in [-0.2, -0.15) is 18.4 Å².